The monoisotopic (exact) mass is 272 g/mol. The van der Waals surface area contributed by atoms with Crippen LogP contribution in [0.1, 0.15) is 52.9 Å². The van der Waals surface area contributed by atoms with Crippen molar-refractivity contribution in [1.82, 2.24) is 0 Å². The Bertz CT molecular complexity index is 209. The summed E-state index contributed by atoms with van der Waals surface area (Å²) in [5.74, 6) is 0. The summed E-state index contributed by atoms with van der Waals surface area (Å²) >= 11 is 5.23. The van der Waals surface area contributed by atoms with Gasteiger partial charge in [-0.15, -0.1) is 4.67 Å². The van der Waals surface area contributed by atoms with Gasteiger partial charge in [-0.1, -0.05) is 33.6 Å². The first-order valence-corrected chi connectivity index (χ1v) is 7.77. The van der Waals surface area contributed by atoms with Crippen LogP contribution in [-0.4, -0.2) is 12.3 Å². The number of hydrogen-bond acceptors (Lipinski definition) is 4. The van der Waals surface area contributed by atoms with E-state index >= 15 is 0 Å². The fourth-order valence-corrected chi connectivity index (χ4v) is 3.17. The number of rotatable bonds is 10. The number of hydrogen-bond donors (Lipinski definition) is 0. The summed E-state index contributed by atoms with van der Waals surface area (Å²) in [6.07, 6.45) is 4.39. The second-order valence-corrected chi connectivity index (χ2v) is 6.19. The molecule has 0 fully saturated rings. The number of halogens is 1. The summed E-state index contributed by atoms with van der Waals surface area (Å²) in [5.41, 5.74) is -0.212. The van der Waals surface area contributed by atoms with E-state index in [-0.39, 0.29) is 5.66 Å². The van der Waals surface area contributed by atoms with Crippen LogP contribution in [0.15, 0.2) is 0 Å². The third-order valence-electron chi connectivity index (χ3n) is 2.47. The van der Waals surface area contributed by atoms with Crippen molar-refractivity contribution in [2.45, 2.75) is 58.5 Å². The Hall–Kier alpha value is 0.400. The molecule has 0 N–H and O–H groups in total. The Morgan fingerprint density at radius 2 is 1.81 bits per heavy atom. The molecule has 0 aromatic heterocycles. The normalized spacial score (nSPS) is 15.3. The minimum atomic E-state index is -3.32. The maximum absolute atomic E-state index is 12.1. The molecular weight excluding hydrogens is 251 g/mol. The van der Waals surface area contributed by atoms with Crippen LogP contribution in [0.4, 0.5) is 0 Å². The average Bonchev–Trinajstić information content (AvgIpc) is 2.30. The molecule has 0 saturated carbocycles. The molecule has 0 aromatic carbocycles. The van der Waals surface area contributed by atoms with Gasteiger partial charge in [-0.25, -0.2) is 4.89 Å². The molecule has 0 saturated heterocycles. The fourth-order valence-electron chi connectivity index (χ4n) is 1.39. The first-order valence-electron chi connectivity index (χ1n) is 5.85. The van der Waals surface area contributed by atoms with E-state index in [0.29, 0.717) is 19.4 Å². The Morgan fingerprint density at radius 3 is 2.25 bits per heavy atom. The van der Waals surface area contributed by atoms with Gasteiger partial charge in [0.2, 0.25) is 0 Å². The lowest BCUT2D eigenvalue weighted by Gasteiger charge is -2.20. The fraction of sp³-hybridized carbons (Fsp3) is 1.00. The van der Waals surface area contributed by atoms with Crippen molar-refractivity contribution >= 4 is 19.5 Å². The van der Waals surface area contributed by atoms with Gasteiger partial charge in [-0.2, -0.15) is 4.08 Å². The van der Waals surface area contributed by atoms with Gasteiger partial charge in [0, 0.05) is 0 Å². The highest BCUT2D eigenvalue weighted by molar-refractivity contribution is 7.55. The van der Waals surface area contributed by atoms with E-state index in [9.17, 15) is 4.57 Å². The van der Waals surface area contributed by atoms with Crippen molar-refractivity contribution in [2.75, 3.05) is 6.61 Å². The second-order valence-electron chi connectivity index (χ2n) is 3.68. The Morgan fingerprint density at radius 1 is 1.19 bits per heavy atom. The lowest BCUT2D eigenvalue weighted by Crippen LogP contribution is -2.09. The molecule has 0 bridgehead atoms. The molecule has 16 heavy (non-hydrogen) atoms. The smallest absolute Gasteiger partial charge is 0.256 e. The molecule has 0 radical (unpaired) electrons. The summed E-state index contributed by atoms with van der Waals surface area (Å²) in [6, 6.07) is 0. The summed E-state index contributed by atoms with van der Waals surface area (Å²) < 4.78 is 21.4. The van der Waals surface area contributed by atoms with Gasteiger partial charge in [0.05, 0.1) is 24.1 Å². The van der Waals surface area contributed by atoms with Crippen LogP contribution < -0.4 is 0 Å². The standard InChI is InChI=1S/C10H22ClO4P/c1-4-7-8-9-13-15-16(12,14-11)10(5-2)6-3/h10H,4-9H2,1-3H3. The van der Waals surface area contributed by atoms with Crippen LogP contribution in [0.2, 0.25) is 0 Å². The van der Waals surface area contributed by atoms with E-state index in [0.717, 1.165) is 19.3 Å². The van der Waals surface area contributed by atoms with E-state index in [1.807, 2.05) is 13.8 Å². The van der Waals surface area contributed by atoms with Gasteiger partial charge in [0.1, 0.15) is 0 Å². The highest BCUT2D eigenvalue weighted by atomic mass is 35.5. The average molecular weight is 273 g/mol. The van der Waals surface area contributed by atoms with Gasteiger partial charge in [-0.05, 0) is 19.3 Å². The topological polar surface area (TPSA) is 44.8 Å². The SMILES string of the molecule is CCCCCOOP(=O)(OCl)C(CC)CC. The molecule has 0 spiro atoms. The summed E-state index contributed by atoms with van der Waals surface area (Å²) in [5, 5.41) is 0. The minimum absolute atomic E-state index is 0.212. The van der Waals surface area contributed by atoms with Gasteiger partial charge >= 0.3 is 7.60 Å². The molecule has 0 heterocycles. The summed E-state index contributed by atoms with van der Waals surface area (Å²) in [7, 11) is -3.32. The predicted molar refractivity (Wildman–Crippen MR) is 65.5 cm³/mol. The Labute approximate surface area is 103 Å². The maximum Gasteiger partial charge on any atom is 0.376 e. The first-order chi connectivity index (χ1) is 7.64. The van der Waals surface area contributed by atoms with Crippen LogP contribution in [0.25, 0.3) is 0 Å². The molecule has 0 aromatic rings. The van der Waals surface area contributed by atoms with E-state index in [2.05, 4.69) is 11.0 Å². The first kappa shape index (κ1) is 16.4. The zero-order valence-corrected chi connectivity index (χ0v) is 11.9. The summed E-state index contributed by atoms with van der Waals surface area (Å²) in [6.45, 7) is 6.34. The van der Waals surface area contributed by atoms with Crippen LogP contribution >= 0.6 is 19.5 Å². The van der Waals surface area contributed by atoms with Crippen molar-refractivity contribution in [3.8, 4) is 0 Å². The Kier molecular flexibility index (Phi) is 9.67. The zero-order chi connectivity index (χ0) is 12.4. The van der Waals surface area contributed by atoms with E-state index < -0.39 is 7.60 Å². The lowest BCUT2D eigenvalue weighted by atomic mass is 10.3. The number of unbranched alkanes of at least 4 members (excludes halogenated alkanes) is 2. The molecule has 4 nitrogen and oxygen atoms in total. The van der Waals surface area contributed by atoms with Gasteiger partial charge in [-0.3, -0.25) is 4.57 Å². The van der Waals surface area contributed by atoms with Crippen LogP contribution in [-0.2, 0) is 18.2 Å². The third kappa shape index (κ3) is 5.65. The summed E-state index contributed by atoms with van der Waals surface area (Å²) in [4.78, 5) is 4.90. The highest BCUT2D eigenvalue weighted by Gasteiger charge is 2.35. The van der Waals surface area contributed by atoms with E-state index in [1.165, 1.54) is 0 Å². The molecule has 1 unspecified atom stereocenters. The minimum Gasteiger partial charge on any atom is -0.256 e. The molecule has 0 rings (SSSR count). The predicted octanol–water partition coefficient (Wildman–Crippen LogP) is 4.68. The molecule has 6 heteroatoms. The zero-order valence-electron chi connectivity index (χ0n) is 10.3. The van der Waals surface area contributed by atoms with Crippen LogP contribution in [0.3, 0.4) is 0 Å². The van der Waals surface area contributed by atoms with Gasteiger partial charge < -0.3 is 0 Å². The second kappa shape index (κ2) is 9.43. The molecule has 0 aliphatic rings. The van der Waals surface area contributed by atoms with E-state index in [4.69, 9.17) is 21.4 Å². The molecule has 0 aliphatic heterocycles. The van der Waals surface area contributed by atoms with Crippen LogP contribution in [0, 0.1) is 0 Å². The Balaban J connectivity index is 4.01. The maximum atomic E-state index is 12.1. The van der Waals surface area contributed by atoms with Gasteiger partial charge in [0.25, 0.3) is 0 Å². The molecular formula is C10H22ClO4P. The third-order valence-corrected chi connectivity index (χ3v) is 5.18. The molecule has 0 aliphatic carbocycles. The quantitative estimate of drug-likeness (QED) is 0.251. The largest absolute Gasteiger partial charge is 0.376 e. The molecule has 1 atom stereocenters. The highest BCUT2D eigenvalue weighted by Crippen LogP contribution is 2.56. The van der Waals surface area contributed by atoms with Gasteiger partial charge in [0.15, 0.2) is 0 Å². The lowest BCUT2D eigenvalue weighted by molar-refractivity contribution is -0.213. The molecule has 98 valence electrons. The van der Waals surface area contributed by atoms with Crippen molar-refractivity contribution in [1.29, 1.82) is 0 Å². The van der Waals surface area contributed by atoms with Crippen molar-refractivity contribution < 1.29 is 18.2 Å². The van der Waals surface area contributed by atoms with Crippen molar-refractivity contribution in [3.05, 3.63) is 0 Å². The van der Waals surface area contributed by atoms with Crippen LogP contribution in [0.5, 0.6) is 0 Å². The van der Waals surface area contributed by atoms with Crippen molar-refractivity contribution in [2.24, 2.45) is 0 Å². The van der Waals surface area contributed by atoms with Crippen molar-refractivity contribution in [3.63, 3.8) is 0 Å². The molecule has 0 amide bonds. The van der Waals surface area contributed by atoms with E-state index in [1.54, 1.807) is 0 Å².